The predicted molar refractivity (Wildman–Crippen MR) is 91.6 cm³/mol. The van der Waals surface area contributed by atoms with E-state index in [4.69, 9.17) is 9.47 Å². The molecule has 3 rings (SSSR count). The molecular weight excluding hydrogens is 288 g/mol. The third kappa shape index (κ3) is 3.58. The summed E-state index contributed by atoms with van der Waals surface area (Å²) in [6.45, 7) is 0. The van der Waals surface area contributed by atoms with Crippen LogP contribution >= 0.6 is 0 Å². The largest absolute Gasteiger partial charge is 0.496 e. The van der Waals surface area contributed by atoms with Crippen molar-refractivity contribution in [3.8, 4) is 11.5 Å². The van der Waals surface area contributed by atoms with Crippen LogP contribution in [-0.4, -0.2) is 13.1 Å². The van der Waals surface area contributed by atoms with Gasteiger partial charge < -0.3 is 9.47 Å². The number of hydrogen-bond donors (Lipinski definition) is 0. The Labute approximate surface area is 134 Å². The zero-order valence-corrected chi connectivity index (χ0v) is 12.7. The zero-order valence-electron chi connectivity index (χ0n) is 12.7. The molecule has 3 aromatic rings. The number of benzene rings is 3. The molecule has 0 saturated heterocycles. The number of para-hydroxylation sites is 1. The molecule has 0 aromatic heterocycles. The molecule has 0 atom stereocenters. The van der Waals surface area contributed by atoms with Crippen molar-refractivity contribution in [1.29, 1.82) is 0 Å². The van der Waals surface area contributed by atoms with Crippen LogP contribution in [0.25, 0.3) is 16.8 Å². The molecule has 0 heterocycles. The number of hydrogen-bond acceptors (Lipinski definition) is 3. The molecule has 0 bridgehead atoms. The molecule has 3 heteroatoms. The third-order valence-corrected chi connectivity index (χ3v) is 3.48. The second kappa shape index (κ2) is 6.79. The minimum Gasteiger partial charge on any atom is -0.496 e. The second-order valence-electron chi connectivity index (χ2n) is 5.01. The molecule has 0 N–H and O–H groups in total. The van der Waals surface area contributed by atoms with Crippen LogP contribution in [0.4, 0.5) is 0 Å². The molecule has 0 fully saturated rings. The van der Waals surface area contributed by atoms with Crippen molar-refractivity contribution in [3.05, 3.63) is 78.4 Å². The van der Waals surface area contributed by atoms with Gasteiger partial charge in [-0.25, -0.2) is 4.79 Å². The monoisotopic (exact) mass is 304 g/mol. The van der Waals surface area contributed by atoms with E-state index in [2.05, 4.69) is 0 Å². The molecule has 0 saturated carbocycles. The Hall–Kier alpha value is -3.07. The maximum atomic E-state index is 12.0. The fourth-order valence-electron chi connectivity index (χ4n) is 2.34. The molecule has 0 amide bonds. The molecule has 0 spiro atoms. The number of fused-ring (bicyclic) bond motifs is 1. The van der Waals surface area contributed by atoms with Crippen LogP contribution in [0.3, 0.4) is 0 Å². The molecule has 3 aromatic carbocycles. The average molecular weight is 304 g/mol. The Morgan fingerprint density at radius 3 is 2.48 bits per heavy atom. The van der Waals surface area contributed by atoms with Crippen molar-refractivity contribution in [2.45, 2.75) is 0 Å². The van der Waals surface area contributed by atoms with E-state index in [1.54, 1.807) is 19.3 Å². The fraction of sp³-hybridized carbons (Fsp3) is 0.0500. The smallest absolute Gasteiger partial charge is 0.336 e. The molecule has 0 aliphatic carbocycles. The lowest BCUT2D eigenvalue weighted by Crippen LogP contribution is -2.03. The number of ether oxygens (including phenoxy) is 2. The molecule has 0 radical (unpaired) electrons. The molecular formula is C20H16O3. The average Bonchev–Trinajstić information content (AvgIpc) is 2.60. The molecule has 23 heavy (non-hydrogen) atoms. The Kier molecular flexibility index (Phi) is 4.39. The van der Waals surface area contributed by atoms with E-state index in [0.29, 0.717) is 11.5 Å². The van der Waals surface area contributed by atoms with Crippen LogP contribution in [0.2, 0.25) is 0 Å². The molecule has 0 unspecified atom stereocenters. The topological polar surface area (TPSA) is 35.5 Å². The van der Waals surface area contributed by atoms with E-state index < -0.39 is 5.97 Å². The van der Waals surface area contributed by atoms with Crippen molar-refractivity contribution in [2.75, 3.05) is 7.11 Å². The quantitative estimate of drug-likeness (QED) is 0.405. The second-order valence-corrected chi connectivity index (χ2v) is 5.01. The number of rotatable bonds is 4. The summed E-state index contributed by atoms with van der Waals surface area (Å²) in [5.41, 5.74) is 0.825. The van der Waals surface area contributed by atoms with Gasteiger partial charge in [0.05, 0.1) is 7.11 Å². The standard InChI is InChI=1S/C20H16O3/c1-22-19-9-5-4-7-16(19)11-13-20(21)23-18-12-10-15-6-2-3-8-17(15)14-18/h2-14H,1H3/b13-11+. The minimum atomic E-state index is -0.425. The lowest BCUT2D eigenvalue weighted by atomic mass is 10.1. The van der Waals surface area contributed by atoms with E-state index in [1.165, 1.54) is 6.08 Å². The molecule has 0 aliphatic rings. The molecule has 0 aliphatic heterocycles. The maximum absolute atomic E-state index is 12.0. The zero-order chi connectivity index (χ0) is 16.1. The maximum Gasteiger partial charge on any atom is 0.336 e. The van der Waals surface area contributed by atoms with E-state index >= 15 is 0 Å². The summed E-state index contributed by atoms with van der Waals surface area (Å²) in [5.74, 6) is 0.812. The Morgan fingerprint density at radius 2 is 1.65 bits per heavy atom. The van der Waals surface area contributed by atoms with Gasteiger partial charge in [0.25, 0.3) is 0 Å². The highest BCUT2D eigenvalue weighted by atomic mass is 16.5. The lowest BCUT2D eigenvalue weighted by molar-refractivity contribution is -0.128. The Balaban J connectivity index is 1.74. The summed E-state index contributed by atoms with van der Waals surface area (Å²) in [6, 6.07) is 21.0. The Bertz CT molecular complexity index is 865. The minimum absolute atomic E-state index is 0.425. The van der Waals surface area contributed by atoms with Gasteiger partial charge in [-0.3, -0.25) is 0 Å². The highest BCUT2D eigenvalue weighted by Crippen LogP contribution is 2.21. The van der Waals surface area contributed by atoms with Gasteiger partial charge in [-0.15, -0.1) is 0 Å². The highest BCUT2D eigenvalue weighted by Gasteiger charge is 2.03. The normalized spacial score (nSPS) is 10.8. The summed E-state index contributed by atoms with van der Waals surface area (Å²) in [6.07, 6.45) is 3.08. The van der Waals surface area contributed by atoms with Crippen LogP contribution in [0.1, 0.15) is 5.56 Å². The van der Waals surface area contributed by atoms with Crippen LogP contribution in [0, 0.1) is 0 Å². The van der Waals surface area contributed by atoms with Crippen LogP contribution in [-0.2, 0) is 4.79 Å². The van der Waals surface area contributed by atoms with Crippen LogP contribution in [0.5, 0.6) is 11.5 Å². The van der Waals surface area contributed by atoms with Gasteiger partial charge in [-0.1, -0.05) is 48.5 Å². The van der Waals surface area contributed by atoms with Crippen LogP contribution in [0.15, 0.2) is 72.8 Å². The van der Waals surface area contributed by atoms with E-state index in [1.807, 2.05) is 60.7 Å². The highest BCUT2D eigenvalue weighted by molar-refractivity contribution is 5.90. The fourth-order valence-corrected chi connectivity index (χ4v) is 2.34. The van der Waals surface area contributed by atoms with Gasteiger partial charge in [-0.2, -0.15) is 0 Å². The van der Waals surface area contributed by atoms with Gasteiger partial charge in [-0.05, 0) is 35.0 Å². The summed E-state index contributed by atoms with van der Waals surface area (Å²) in [5, 5.41) is 2.14. The Morgan fingerprint density at radius 1 is 0.913 bits per heavy atom. The first kappa shape index (κ1) is 14.9. The van der Waals surface area contributed by atoms with Crippen molar-refractivity contribution in [1.82, 2.24) is 0 Å². The number of esters is 1. The molecule has 3 nitrogen and oxygen atoms in total. The van der Waals surface area contributed by atoms with Gasteiger partial charge in [0, 0.05) is 11.6 Å². The van der Waals surface area contributed by atoms with Crippen molar-refractivity contribution >= 4 is 22.8 Å². The van der Waals surface area contributed by atoms with Gasteiger partial charge >= 0.3 is 5.97 Å². The number of carbonyl (C=O) groups excluding carboxylic acids is 1. The summed E-state index contributed by atoms with van der Waals surface area (Å²) < 4.78 is 10.6. The van der Waals surface area contributed by atoms with Gasteiger partial charge in [0.1, 0.15) is 11.5 Å². The first-order chi connectivity index (χ1) is 11.3. The van der Waals surface area contributed by atoms with Gasteiger partial charge in [0.15, 0.2) is 0 Å². The molecule has 114 valence electrons. The van der Waals surface area contributed by atoms with Crippen molar-refractivity contribution in [3.63, 3.8) is 0 Å². The van der Waals surface area contributed by atoms with E-state index in [0.717, 1.165) is 16.3 Å². The van der Waals surface area contributed by atoms with Crippen molar-refractivity contribution in [2.24, 2.45) is 0 Å². The van der Waals surface area contributed by atoms with Gasteiger partial charge in [0.2, 0.25) is 0 Å². The summed E-state index contributed by atoms with van der Waals surface area (Å²) in [4.78, 5) is 12.0. The van der Waals surface area contributed by atoms with Crippen molar-refractivity contribution < 1.29 is 14.3 Å². The van der Waals surface area contributed by atoms with Crippen LogP contribution < -0.4 is 9.47 Å². The van der Waals surface area contributed by atoms with E-state index in [9.17, 15) is 4.79 Å². The third-order valence-electron chi connectivity index (χ3n) is 3.48. The SMILES string of the molecule is COc1ccccc1/C=C/C(=O)Oc1ccc2ccccc2c1. The first-order valence-electron chi connectivity index (χ1n) is 7.28. The summed E-state index contributed by atoms with van der Waals surface area (Å²) in [7, 11) is 1.60. The predicted octanol–water partition coefficient (Wildman–Crippen LogP) is 4.47. The number of carbonyl (C=O) groups is 1. The lowest BCUT2D eigenvalue weighted by Gasteiger charge is -2.04. The summed E-state index contributed by atoms with van der Waals surface area (Å²) >= 11 is 0. The van der Waals surface area contributed by atoms with E-state index in [-0.39, 0.29) is 0 Å². The number of methoxy groups -OCH3 is 1. The first-order valence-corrected chi connectivity index (χ1v) is 7.28.